The van der Waals surface area contributed by atoms with E-state index in [0.717, 1.165) is 11.1 Å². The molecule has 1 heterocycles. The van der Waals surface area contributed by atoms with Gasteiger partial charge in [-0.3, -0.25) is 9.59 Å². The van der Waals surface area contributed by atoms with Gasteiger partial charge in [0.1, 0.15) is 11.6 Å². The van der Waals surface area contributed by atoms with E-state index in [9.17, 15) is 29.0 Å². The van der Waals surface area contributed by atoms with Gasteiger partial charge in [-0.05, 0) is 54.3 Å². The summed E-state index contributed by atoms with van der Waals surface area (Å²) in [7, 11) is 1.45. The van der Waals surface area contributed by atoms with Gasteiger partial charge in [-0.1, -0.05) is 24.3 Å². The number of benzene rings is 2. The van der Waals surface area contributed by atoms with Crippen molar-refractivity contribution in [1.29, 1.82) is 0 Å². The van der Waals surface area contributed by atoms with Crippen molar-refractivity contribution in [2.75, 3.05) is 5.32 Å². The second-order valence-electron chi connectivity index (χ2n) is 7.75. The molecule has 0 radical (unpaired) electrons. The highest BCUT2D eigenvalue weighted by Crippen LogP contribution is 2.32. The van der Waals surface area contributed by atoms with Crippen LogP contribution < -0.4 is 16.2 Å². The zero-order chi connectivity index (χ0) is 24.3. The normalized spacial score (nSPS) is 11.6. The van der Waals surface area contributed by atoms with Crippen LogP contribution in [0.3, 0.4) is 0 Å². The molecule has 4 N–H and O–H groups in total. The van der Waals surface area contributed by atoms with E-state index in [1.807, 2.05) is 32.0 Å². The average Bonchev–Trinajstić information content (AvgIpc) is 2.74. The molecular weight excluding hydrogens is 429 g/mol. The summed E-state index contributed by atoms with van der Waals surface area (Å²) in [6.45, 7) is 3.70. The first-order chi connectivity index (χ1) is 15.6. The molecule has 1 atom stereocenters. The molecule has 172 valence electrons. The fourth-order valence-corrected chi connectivity index (χ4v) is 3.66. The van der Waals surface area contributed by atoms with Crippen LogP contribution in [-0.4, -0.2) is 26.8 Å². The van der Waals surface area contributed by atoms with Gasteiger partial charge in [0.2, 0.25) is 0 Å². The van der Waals surface area contributed by atoms with Crippen LogP contribution in [0.15, 0.2) is 53.5 Å². The molecule has 8 nitrogen and oxygen atoms in total. The number of hydrogen-bond acceptors (Lipinski definition) is 4. The molecule has 0 saturated heterocycles. The number of nitrogens with one attached hydrogen (secondary N) is 2. The Labute approximate surface area is 189 Å². The zero-order valence-electron chi connectivity index (χ0n) is 18.3. The molecule has 33 heavy (non-hydrogen) atoms. The van der Waals surface area contributed by atoms with Crippen molar-refractivity contribution < 1.29 is 24.2 Å². The highest BCUT2D eigenvalue weighted by Gasteiger charge is 2.22. The average molecular weight is 453 g/mol. The molecule has 9 heteroatoms. The second kappa shape index (κ2) is 9.56. The summed E-state index contributed by atoms with van der Waals surface area (Å²) in [4.78, 5) is 36.2. The van der Waals surface area contributed by atoms with E-state index < -0.39 is 41.6 Å². The number of pyridine rings is 1. The van der Waals surface area contributed by atoms with Crippen molar-refractivity contribution in [3.8, 4) is 16.9 Å². The lowest BCUT2D eigenvalue weighted by Crippen LogP contribution is -2.36. The van der Waals surface area contributed by atoms with E-state index in [1.54, 1.807) is 0 Å². The molecule has 0 saturated carbocycles. The number of aliphatic carboxylic acids is 1. The molecule has 0 aliphatic heterocycles. The van der Waals surface area contributed by atoms with Crippen LogP contribution in [0.1, 0.15) is 29.2 Å². The number of halogens is 1. The molecule has 0 bridgehead atoms. The minimum absolute atomic E-state index is 0.287. The predicted octanol–water partition coefficient (Wildman–Crippen LogP) is 3.85. The smallest absolute Gasteiger partial charge is 0.319 e. The summed E-state index contributed by atoms with van der Waals surface area (Å²) in [5.41, 5.74) is 2.06. The quantitative estimate of drug-likeness (QED) is 0.452. The summed E-state index contributed by atoms with van der Waals surface area (Å²) < 4.78 is 15.9. The van der Waals surface area contributed by atoms with E-state index in [-0.39, 0.29) is 11.3 Å². The monoisotopic (exact) mass is 453 g/mol. The lowest BCUT2D eigenvalue weighted by Gasteiger charge is -2.20. The van der Waals surface area contributed by atoms with Crippen molar-refractivity contribution in [2.45, 2.75) is 26.3 Å². The topological polar surface area (TPSA) is 121 Å². The maximum atomic E-state index is 14.7. The van der Waals surface area contributed by atoms with Crippen LogP contribution in [0.4, 0.5) is 14.9 Å². The number of anilines is 1. The molecule has 0 spiro atoms. The minimum Gasteiger partial charge on any atom is -0.505 e. The molecule has 3 rings (SSSR count). The number of amides is 2. The number of hydrogen-bond donors (Lipinski definition) is 4. The standard InChI is InChI=1S/C24H24FN3O5/c1-13-5-4-6-14(2)21(13)16-11-15(7-8-17(16)25)18(12-20(30)31)26-24(33)27-22-19(29)9-10-28(3)23(22)32/h4-11,18,29H,12H2,1-3H3,(H,30,31)(H2,26,27,33)/t18-/m0/s1. The van der Waals surface area contributed by atoms with Gasteiger partial charge in [-0.2, -0.15) is 0 Å². The largest absolute Gasteiger partial charge is 0.505 e. The number of rotatable bonds is 6. The van der Waals surface area contributed by atoms with Crippen molar-refractivity contribution in [2.24, 2.45) is 7.05 Å². The molecule has 2 amide bonds. The fourth-order valence-electron chi connectivity index (χ4n) is 3.66. The number of aryl methyl sites for hydroxylation is 3. The van der Waals surface area contributed by atoms with E-state index >= 15 is 0 Å². The highest BCUT2D eigenvalue weighted by molar-refractivity contribution is 5.91. The van der Waals surface area contributed by atoms with Gasteiger partial charge >= 0.3 is 12.0 Å². The lowest BCUT2D eigenvalue weighted by molar-refractivity contribution is -0.137. The molecular formula is C24H24FN3O5. The zero-order valence-corrected chi connectivity index (χ0v) is 18.3. The number of carbonyl (C=O) groups is 2. The molecule has 0 fully saturated rings. The van der Waals surface area contributed by atoms with Gasteiger partial charge < -0.3 is 25.4 Å². The Hall–Kier alpha value is -4.14. The molecule has 3 aromatic rings. The van der Waals surface area contributed by atoms with Gasteiger partial charge in [0.15, 0.2) is 5.69 Å². The number of aromatic nitrogens is 1. The molecule has 0 unspecified atom stereocenters. The highest BCUT2D eigenvalue weighted by atomic mass is 19.1. The van der Waals surface area contributed by atoms with E-state index in [4.69, 9.17) is 0 Å². The Morgan fingerprint density at radius 2 is 1.79 bits per heavy atom. The Morgan fingerprint density at radius 1 is 1.12 bits per heavy atom. The minimum atomic E-state index is -1.18. The molecule has 0 aliphatic rings. The third kappa shape index (κ3) is 5.20. The van der Waals surface area contributed by atoms with Crippen LogP contribution in [0.2, 0.25) is 0 Å². The Kier molecular flexibility index (Phi) is 6.81. The number of aromatic hydroxyl groups is 1. The van der Waals surface area contributed by atoms with Gasteiger partial charge in [0.05, 0.1) is 12.5 Å². The van der Waals surface area contributed by atoms with Gasteiger partial charge in [0, 0.05) is 18.8 Å². The number of carbonyl (C=O) groups excluding carboxylic acids is 1. The Morgan fingerprint density at radius 3 is 2.42 bits per heavy atom. The molecule has 1 aromatic heterocycles. The van der Waals surface area contributed by atoms with Crippen LogP contribution in [0, 0.1) is 19.7 Å². The van der Waals surface area contributed by atoms with Crippen LogP contribution >= 0.6 is 0 Å². The third-order valence-electron chi connectivity index (χ3n) is 5.31. The third-order valence-corrected chi connectivity index (χ3v) is 5.31. The molecule has 2 aromatic carbocycles. The van der Waals surface area contributed by atoms with Gasteiger partial charge in [-0.25, -0.2) is 9.18 Å². The van der Waals surface area contributed by atoms with Crippen molar-refractivity contribution in [1.82, 2.24) is 9.88 Å². The summed E-state index contributed by atoms with van der Waals surface area (Å²) in [5, 5.41) is 24.0. The fraction of sp³-hybridized carbons (Fsp3) is 0.208. The van der Waals surface area contributed by atoms with Crippen molar-refractivity contribution >= 4 is 17.7 Å². The van der Waals surface area contributed by atoms with Crippen LogP contribution in [-0.2, 0) is 11.8 Å². The summed E-state index contributed by atoms with van der Waals surface area (Å²) in [5.74, 6) is -2.09. The van der Waals surface area contributed by atoms with E-state index in [0.29, 0.717) is 11.1 Å². The number of carboxylic acids is 1. The van der Waals surface area contributed by atoms with Crippen molar-refractivity contribution in [3.63, 3.8) is 0 Å². The SMILES string of the molecule is Cc1cccc(C)c1-c1cc([C@H](CC(=O)O)NC(=O)Nc2c(O)ccn(C)c2=O)ccc1F. The molecule has 0 aliphatic carbocycles. The summed E-state index contributed by atoms with van der Waals surface area (Å²) >= 11 is 0. The van der Waals surface area contributed by atoms with Gasteiger partial charge in [0.25, 0.3) is 5.56 Å². The first-order valence-corrected chi connectivity index (χ1v) is 10.1. The van der Waals surface area contributed by atoms with E-state index in [1.165, 1.54) is 42.1 Å². The van der Waals surface area contributed by atoms with Crippen LogP contribution in [0.25, 0.3) is 11.1 Å². The number of nitrogens with zero attached hydrogens (tertiary/aromatic N) is 1. The maximum absolute atomic E-state index is 14.7. The maximum Gasteiger partial charge on any atom is 0.319 e. The van der Waals surface area contributed by atoms with E-state index in [2.05, 4.69) is 10.6 Å². The van der Waals surface area contributed by atoms with Crippen molar-refractivity contribution in [3.05, 3.63) is 81.5 Å². The predicted molar refractivity (Wildman–Crippen MR) is 122 cm³/mol. The Bertz CT molecular complexity index is 1270. The lowest BCUT2D eigenvalue weighted by atomic mass is 9.92. The second-order valence-corrected chi connectivity index (χ2v) is 7.75. The first-order valence-electron chi connectivity index (χ1n) is 10.1. The number of carboxylic acid groups (broad SMARTS) is 1. The summed E-state index contributed by atoms with van der Waals surface area (Å²) in [6, 6.07) is 9.02. The van der Waals surface area contributed by atoms with Crippen LogP contribution in [0.5, 0.6) is 5.75 Å². The Balaban J connectivity index is 1.96. The van der Waals surface area contributed by atoms with Gasteiger partial charge in [-0.15, -0.1) is 0 Å². The first kappa shape index (κ1) is 23.5. The summed E-state index contributed by atoms with van der Waals surface area (Å²) in [6.07, 6.45) is 0.853. The number of urea groups is 1.